The smallest absolute Gasteiger partial charge is 0.310 e. The number of ether oxygens (including phenoxy) is 4. The summed E-state index contributed by atoms with van der Waals surface area (Å²) in [6.45, 7) is 5.26. The molecule has 7 rings (SSSR count). The zero-order valence-corrected chi connectivity index (χ0v) is 31.3. The maximum absolute atomic E-state index is 13.5. The molecule has 10 nitrogen and oxygen atoms in total. The number of rotatable bonds is 12. The van der Waals surface area contributed by atoms with Gasteiger partial charge in [-0.05, 0) is 37.1 Å². The van der Waals surface area contributed by atoms with E-state index < -0.39 is 11.8 Å². The summed E-state index contributed by atoms with van der Waals surface area (Å²) in [6, 6.07) is 17.2. The molecule has 6 atom stereocenters. The number of nitrogens with zero attached hydrogens (tertiary/aromatic N) is 2. The van der Waals surface area contributed by atoms with E-state index >= 15 is 0 Å². The molecule has 0 aromatic heterocycles. The Morgan fingerprint density at radius 3 is 1.27 bits per heavy atom. The van der Waals surface area contributed by atoms with E-state index in [1.54, 1.807) is 13.8 Å². The first kappa shape index (κ1) is 36.6. The van der Waals surface area contributed by atoms with Gasteiger partial charge in [-0.25, -0.2) is 0 Å². The highest BCUT2D eigenvalue weighted by Crippen LogP contribution is 2.46. The van der Waals surface area contributed by atoms with Gasteiger partial charge >= 0.3 is 23.9 Å². The van der Waals surface area contributed by atoms with Crippen LogP contribution in [0, 0.1) is 11.8 Å². The number of fused-ring (bicyclic) bond motifs is 4. The van der Waals surface area contributed by atoms with Crippen LogP contribution in [0.3, 0.4) is 0 Å². The molecule has 5 fully saturated rings. The molecule has 0 radical (unpaired) electrons. The van der Waals surface area contributed by atoms with Gasteiger partial charge in [0.15, 0.2) is 0 Å². The van der Waals surface area contributed by atoms with Crippen molar-refractivity contribution >= 4 is 23.9 Å². The lowest BCUT2D eigenvalue weighted by Crippen LogP contribution is -2.58. The predicted octanol–water partition coefficient (Wildman–Crippen LogP) is 6.41. The SMILES string of the molecule is CCC(=O)Oc1cccc(C[N+]2(C)C3CCC2CC(OC(=O)C2CCC2C(=O)OC2CC4CCC(C2)[N+]4(C)Cc2cccc(OC(=O)CC)c2)C3)c1. The Balaban J connectivity index is 0.899. The monoisotopic (exact) mass is 716 g/mol. The van der Waals surface area contributed by atoms with Gasteiger partial charge in [0.25, 0.3) is 0 Å². The number of hydrogen-bond acceptors (Lipinski definition) is 8. The lowest BCUT2D eigenvalue weighted by Gasteiger charge is -2.47. The predicted molar refractivity (Wildman–Crippen MR) is 193 cm³/mol. The minimum Gasteiger partial charge on any atom is -0.462 e. The first-order valence-corrected chi connectivity index (χ1v) is 19.7. The van der Waals surface area contributed by atoms with Gasteiger partial charge in [0.1, 0.15) is 36.8 Å². The van der Waals surface area contributed by atoms with Crippen LogP contribution < -0.4 is 9.47 Å². The zero-order valence-electron chi connectivity index (χ0n) is 31.3. The van der Waals surface area contributed by atoms with Crippen LogP contribution in [0.4, 0.5) is 0 Å². The van der Waals surface area contributed by atoms with Crippen molar-refractivity contribution in [2.45, 2.75) is 140 Å². The highest BCUT2D eigenvalue weighted by molar-refractivity contribution is 5.84. The fourth-order valence-corrected chi connectivity index (χ4v) is 10.3. The molecule has 2 aromatic rings. The number of quaternary nitrogens is 2. The van der Waals surface area contributed by atoms with Crippen molar-refractivity contribution in [1.29, 1.82) is 0 Å². The van der Waals surface area contributed by atoms with Crippen molar-refractivity contribution in [3.8, 4) is 11.5 Å². The summed E-state index contributed by atoms with van der Waals surface area (Å²) >= 11 is 0. The molecule has 10 heteroatoms. The Morgan fingerprint density at radius 1 is 0.577 bits per heavy atom. The van der Waals surface area contributed by atoms with Gasteiger partial charge in [-0.1, -0.05) is 38.1 Å². The fourth-order valence-electron chi connectivity index (χ4n) is 10.3. The Bertz CT molecular complexity index is 1520. The van der Waals surface area contributed by atoms with Crippen LogP contribution in [0.1, 0.15) is 102 Å². The second kappa shape index (κ2) is 14.9. The average Bonchev–Trinajstić information content (AvgIpc) is 3.32. The van der Waals surface area contributed by atoms with Crippen molar-refractivity contribution < 1.29 is 47.1 Å². The third-order valence-electron chi connectivity index (χ3n) is 13.5. The molecule has 0 amide bonds. The van der Waals surface area contributed by atoms with E-state index in [0.717, 1.165) is 84.5 Å². The number of piperidine rings is 2. The van der Waals surface area contributed by atoms with E-state index in [9.17, 15) is 19.2 Å². The summed E-state index contributed by atoms with van der Waals surface area (Å²) in [6.07, 6.45) is 9.42. The molecule has 1 saturated carbocycles. The van der Waals surface area contributed by atoms with E-state index in [1.165, 1.54) is 0 Å². The summed E-state index contributed by atoms with van der Waals surface area (Å²) in [4.78, 5) is 50.7. The normalized spacial score (nSPS) is 34.5. The molecular formula is C42H56N2O8+2. The van der Waals surface area contributed by atoms with Crippen LogP contribution in [0.5, 0.6) is 11.5 Å². The topological polar surface area (TPSA) is 105 Å². The summed E-state index contributed by atoms with van der Waals surface area (Å²) in [5.41, 5.74) is 2.28. The van der Waals surface area contributed by atoms with Gasteiger partial charge in [0.05, 0.1) is 50.1 Å². The first-order valence-electron chi connectivity index (χ1n) is 19.7. The summed E-state index contributed by atoms with van der Waals surface area (Å²) < 4.78 is 25.1. The maximum Gasteiger partial charge on any atom is 0.310 e. The molecule has 0 spiro atoms. The maximum atomic E-state index is 13.5. The zero-order chi connectivity index (χ0) is 36.6. The molecule has 0 N–H and O–H groups in total. The van der Waals surface area contributed by atoms with Gasteiger partial charge in [-0.15, -0.1) is 0 Å². The Hall–Kier alpha value is -3.76. The largest absolute Gasteiger partial charge is 0.462 e. The molecule has 1 aliphatic carbocycles. The number of benzene rings is 2. The van der Waals surface area contributed by atoms with Crippen molar-refractivity contribution in [1.82, 2.24) is 0 Å². The quantitative estimate of drug-likeness (QED) is 0.141. The minimum absolute atomic E-state index is 0.130. The molecule has 4 heterocycles. The first-order chi connectivity index (χ1) is 25.0. The minimum atomic E-state index is -0.419. The molecule has 2 aromatic carbocycles. The molecule has 4 saturated heterocycles. The van der Waals surface area contributed by atoms with E-state index in [1.807, 2.05) is 36.4 Å². The number of hydrogen-bond donors (Lipinski definition) is 0. The second-order valence-corrected chi connectivity index (χ2v) is 16.6. The van der Waals surface area contributed by atoms with Crippen molar-refractivity contribution in [2.24, 2.45) is 11.8 Å². The van der Waals surface area contributed by atoms with Crippen LogP contribution in [0.25, 0.3) is 0 Å². The Kier molecular flexibility index (Phi) is 10.5. The standard InChI is InChI=1S/C42H56N2O8/c1-5-39(45)49-33-11-7-9-27(19-33)25-43(3)29-13-14-30(43)22-35(21-29)51-41(47)37-17-18-38(37)42(48)52-36-23-31-15-16-32(24-36)44(31,4)26-28-10-8-12-34(20-28)50-40(46)6-2/h7-12,19-20,29-32,35-38H,5-6,13-18,21-26H2,1-4H3/q+2. The van der Waals surface area contributed by atoms with Gasteiger partial charge in [-0.2, -0.15) is 0 Å². The van der Waals surface area contributed by atoms with Gasteiger partial charge < -0.3 is 27.9 Å². The molecule has 4 aliphatic heterocycles. The summed E-state index contributed by atoms with van der Waals surface area (Å²) in [7, 11) is 4.62. The van der Waals surface area contributed by atoms with E-state index in [2.05, 4.69) is 26.2 Å². The fraction of sp³-hybridized carbons (Fsp3) is 0.619. The van der Waals surface area contributed by atoms with Crippen molar-refractivity contribution in [2.75, 3.05) is 14.1 Å². The molecule has 4 bridgehead atoms. The highest BCUT2D eigenvalue weighted by atomic mass is 16.6. The van der Waals surface area contributed by atoms with E-state index in [4.69, 9.17) is 18.9 Å². The van der Waals surface area contributed by atoms with Crippen LogP contribution in [0.2, 0.25) is 0 Å². The number of carbonyl (C=O) groups excluding carboxylic acids is 4. The summed E-state index contributed by atoms with van der Waals surface area (Å²) in [5.74, 6) is -0.612. The summed E-state index contributed by atoms with van der Waals surface area (Å²) in [5, 5.41) is 0. The molecular weight excluding hydrogens is 660 g/mol. The third-order valence-corrected chi connectivity index (χ3v) is 13.5. The molecule has 5 aliphatic rings. The van der Waals surface area contributed by atoms with E-state index in [-0.39, 0.29) is 36.1 Å². The van der Waals surface area contributed by atoms with Crippen LogP contribution in [-0.4, -0.2) is 83.3 Å². The Labute approximate surface area is 307 Å². The average molecular weight is 717 g/mol. The van der Waals surface area contributed by atoms with Crippen LogP contribution >= 0.6 is 0 Å². The van der Waals surface area contributed by atoms with Gasteiger partial charge in [0.2, 0.25) is 0 Å². The van der Waals surface area contributed by atoms with Crippen molar-refractivity contribution in [3.05, 3.63) is 59.7 Å². The van der Waals surface area contributed by atoms with E-state index in [0.29, 0.717) is 61.3 Å². The lowest BCUT2D eigenvalue weighted by molar-refractivity contribution is -0.961. The molecule has 280 valence electrons. The lowest BCUT2D eigenvalue weighted by atomic mass is 9.73. The molecule has 52 heavy (non-hydrogen) atoms. The van der Waals surface area contributed by atoms with Crippen LogP contribution in [0.15, 0.2) is 48.5 Å². The third kappa shape index (κ3) is 7.38. The molecule has 6 unspecified atom stereocenters. The van der Waals surface area contributed by atoms with Gasteiger partial charge in [0, 0.05) is 75.3 Å². The number of esters is 4. The number of carbonyl (C=O) groups is 4. The Morgan fingerprint density at radius 2 is 0.942 bits per heavy atom. The second-order valence-electron chi connectivity index (χ2n) is 16.6. The highest BCUT2D eigenvalue weighted by Gasteiger charge is 2.55. The van der Waals surface area contributed by atoms with Crippen molar-refractivity contribution in [3.63, 3.8) is 0 Å². The van der Waals surface area contributed by atoms with Crippen LogP contribution in [-0.2, 0) is 41.7 Å². The van der Waals surface area contributed by atoms with Gasteiger partial charge in [-0.3, -0.25) is 19.2 Å².